The molecule has 2 atom stereocenters. The minimum atomic E-state index is 0.657. The predicted molar refractivity (Wildman–Crippen MR) is 67.2 cm³/mol. The van der Waals surface area contributed by atoms with Crippen LogP contribution in [-0.2, 0) is 0 Å². The van der Waals surface area contributed by atoms with Crippen molar-refractivity contribution in [3.8, 4) is 0 Å². The molecule has 2 nitrogen and oxygen atoms in total. The third-order valence-electron chi connectivity index (χ3n) is 3.97. The van der Waals surface area contributed by atoms with Gasteiger partial charge in [-0.05, 0) is 40.2 Å². The molecule has 1 N–H and O–H groups in total. The van der Waals surface area contributed by atoms with Crippen molar-refractivity contribution in [3.05, 3.63) is 0 Å². The summed E-state index contributed by atoms with van der Waals surface area (Å²) in [7, 11) is 2.29. The molecule has 1 saturated carbocycles. The Kier molecular flexibility index (Phi) is 5.62. The van der Waals surface area contributed by atoms with E-state index in [-0.39, 0.29) is 0 Å². The molecule has 0 radical (unpaired) electrons. The SMILES string of the molecule is CCC(C)NCC(C)N(C)C1CCCC1. The van der Waals surface area contributed by atoms with E-state index in [1.54, 1.807) is 0 Å². The number of nitrogens with one attached hydrogen (secondary N) is 1. The zero-order chi connectivity index (χ0) is 11.3. The Balaban J connectivity index is 2.22. The van der Waals surface area contributed by atoms with E-state index in [1.165, 1.54) is 32.1 Å². The van der Waals surface area contributed by atoms with Gasteiger partial charge in [0.25, 0.3) is 0 Å². The normalized spacial score (nSPS) is 22.2. The van der Waals surface area contributed by atoms with E-state index in [0.717, 1.165) is 12.6 Å². The molecule has 1 aliphatic carbocycles. The topological polar surface area (TPSA) is 15.3 Å². The van der Waals surface area contributed by atoms with Crippen LogP contribution in [0.15, 0.2) is 0 Å². The molecule has 1 rings (SSSR count). The largest absolute Gasteiger partial charge is 0.313 e. The molecule has 0 heterocycles. The predicted octanol–water partition coefficient (Wildman–Crippen LogP) is 2.64. The first-order valence-electron chi connectivity index (χ1n) is 6.60. The van der Waals surface area contributed by atoms with Gasteiger partial charge in [0.1, 0.15) is 0 Å². The van der Waals surface area contributed by atoms with Gasteiger partial charge in [-0.1, -0.05) is 19.8 Å². The number of rotatable bonds is 6. The van der Waals surface area contributed by atoms with Gasteiger partial charge in [-0.25, -0.2) is 0 Å². The molecule has 2 heteroatoms. The Hall–Kier alpha value is -0.0800. The summed E-state index contributed by atoms with van der Waals surface area (Å²) in [5.74, 6) is 0. The van der Waals surface area contributed by atoms with Gasteiger partial charge in [-0.2, -0.15) is 0 Å². The zero-order valence-corrected chi connectivity index (χ0v) is 10.9. The zero-order valence-electron chi connectivity index (χ0n) is 10.9. The molecule has 0 aromatic heterocycles. The smallest absolute Gasteiger partial charge is 0.0192 e. The summed E-state index contributed by atoms with van der Waals surface area (Å²) in [6.45, 7) is 7.97. The van der Waals surface area contributed by atoms with Crippen molar-refractivity contribution in [3.63, 3.8) is 0 Å². The van der Waals surface area contributed by atoms with Gasteiger partial charge in [0, 0.05) is 24.7 Å². The first-order valence-corrected chi connectivity index (χ1v) is 6.60. The molecule has 0 bridgehead atoms. The maximum atomic E-state index is 3.59. The minimum Gasteiger partial charge on any atom is -0.313 e. The van der Waals surface area contributed by atoms with Crippen LogP contribution < -0.4 is 5.32 Å². The van der Waals surface area contributed by atoms with Crippen LogP contribution in [0.5, 0.6) is 0 Å². The first-order chi connectivity index (χ1) is 7.15. The summed E-state index contributed by atoms with van der Waals surface area (Å²) < 4.78 is 0. The fraction of sp³-hybridized carbons (Fsp3) is 1.00. The number of nitrogens with zero attached hydrogens (tertiary/aromatic N) is 1. The van der Waals surface area contributed by atoms with Gasteiger partial charge in [0.2, 0.25) is 0 Å². The number of likely N-dealkylation sites (N-methyl/N-ethyl adjacent to an activating group) is 1. The standard InChI is InChI=1S/C13H28N2/c1-5-11(2)14-10-12(3)15(4)13-8-6-7-9-13/h11-14H,5-10H2,1-4H3. The van der Waals surface area contributed by atoms with Gasteiger partial charge in [-0.3, -0.25) is 4.90 Å². The second-order valence-corrected chi connectivity index (χ2v) is 5.17. The van der Waals surface area contributed by atoms with Crippen molar-refractivity contribution in [2.24, 2.45) is 0 Å². The number of hydrogen-bond donors (Lipinski definition) is 1. The third-order valence-corrected chi connectivity index (χ3v) is 3.97. The van der Waals surface area contributed by atoms with Gasteiger partial charge < -0.3 is 5.32 Å². The van der Waals surface area contributed by atoms with Crippen molar-refractivity contribution in [2.45, 2.75) is 71.0 Å². The van der Waals surface area contributed by atoms with E-state index in [1.807, 2.05) is 0 Å². The molecule has 0 saturated heterocycles. The molecule has 1 fully saturated rings. The van der Waals surface area contributed by atoms with Crippen molar-refractivity contribution in [2.75, 3.05) is 13.6 Å². The molecular weight excluding hydrogens is 184 g/mol. The molecule has 2 unspecified atom stereocenters. The van der Waals surface area contributed by atoms with E-state index < -0.39 is 0 Å². The Morgan fingerprint density at radius 2 is 1.87 bits per heavy atom. The lowest BCUT2D eigenvalue weighted by Crippen LogP contribution is -2.44. The van der Waals surface area contributed by atoms with Crippen LogP contribution in [-0.4, -0.2) is 36.6 Å². The van der Waals surface area contributed by atoms with Crippen LogP contribution in [0, 0.1) is 0 Å². The molecule has 0 aromatic rings. The summed E-state index contributed by atoms with van der Waals surface area (Å²) in [5, 5.41) is 3.59. The second kappa shape index (κ2) is 6.49. The van der Waals surface area contributed by atoms with E-state index in [2.05, 4.69) is 38.0 Å². The molecule has 90 valence electrons. The summed E-state index contributed by atoms with van der Waals surface area (Å²) in [6.07, 6.45) is 6.90. The van der Waals surface area contributed by atoms with Crippen molar-refractivity contribution < 1.29 is 0 Å². The Bertz CT molecular complexity index is 164. The minimum absolute atomic E-state index is 0.657. The van der Waals surface area contributed by atoms with E-state index >= 15 is 0 Å². The van der Waals surface area contributed by atoms with Crippen molar-refractivity contribution >= 4 is 0 Å². The lowest BCUT2D eigenvalue weighted by molar-refractivity contribution is 0.180. The van der Waals surface area contributed by atoms with E-state index in [9.17, 15) is 0 Å². The first kappa shape index (κ1) is 13.0. The van der Waals surface area contributed by atoms with Crippen molar-refractivity contribution in [1.82, 2.24) is 10.2 Å². The van der Waals surface area contributed by atoms with Crippen molar-refractivity contribution in [1.29, 1.82) is 0 Å². The summed E-state index contributed by atoms with van der Waals surface area (Å²) in [4.78, 5) is 2.57. The monoisotopic (exact) mass is 212 g/mol. The highest BCUT2D eigenvalue weighted by Crippen LogP contribution is 2.23. The molecular formula is C13H28N2. The highest BCUT2D eigenvalue weighted by atomic mass is 15.2. The van der Waals surface area contributed by atoms with Gasteiger partial charge in [-0.15, -0.1) is 0 Å². The summed E-state index contributed by atoms with van der Waals surface area (Å²) in [6, 6.07) is 2.17. The Labute approximate surface area is 95.4 Å². The maximum absolute atomic E-state index is 3.59. The average molecular weight is 212 g/mol. The molecule has 0 spiro atoms. The van der Waals surface area contributed by atoms with E-state index in [0.29, 0.717) is 12.1 Å². The third kappa shape index (κ3) is 4.12. The maximum Gasteiger partial charge on any atom is 0.0192 e. The highest BCUT2D eigenvalue weighted by molar-refractivity contribution is 4.80. The quantitative estimate of drug-likeness (QED) is 0.728. The van der Waals surface area contributed by atoms with Crippen LogP contribution in [0.25, 0.3) is 0 Å². The molecule has 1 aliphatic rings. The molecule has 0 aromatic carbocycles. The Morgan fingerprint density at radius 3 is 2.40 bits per heavy atom. The van der Waals surface area contributed by atoms with Gasteiger partial charge in [0.15, 0.2) is 0 Å². The van der Waals surface area contributed by atoms with Gasteiger partial charge in [0.05, 0.1) is 0 Å². The Morgan fingerprint density at radius 1 is 1.27 bits per heavy atom. The fourth-order valence-corrected chi connectivity index (χ4v) is 2.33. The average Bonchev–Trinajstić information content (AvgIpc) is 2.77. The lowest BCUT2D eigenvalue weighted by Gasteiger charge is -2.31. The summed E-state index contributed by atoms with van der Waals surface area (Å²) in [5.41, 5.74) is 0. The van der Waals surface area contributed by atoms with E-state index in [4.69, 9.17) is 0 Å². The molecule has 15 heavy (non-hydrogen) atoms. The second-order valence-electron chi connectivity index (χ2n) is 5.17. The number of hydrogen-bond acceptors (Lipinski definition) is 2. The van der Waals surface area contributed by atoms with Crippen LogP contribution in [0.1, 0.15) is 52.9 Å². The van der Waals surface area contributed by atoms with Crippen LogP contribution in [0.2, 0.25) is 0 Å². The fourth-order valence-electron chi connectivity index (χ4n) is 2.33. The van der Waals surface area contributed by atoms with Gasteiger partial charge >= 0.3 is 0 Å². The van der Waals surface area contributed by atoms with Crippen LogP contribution >= 0.6 is 0 Å². The highest BCUT2D eigenvalue weighted by Gasteiger charge is 2.22. The van der Waals surface area contributed by atoms with Crippen LogP contribution in [0.3, 0.4) is 0 Å². The molecule has 0 aliphatic heterocycles. The summed E-state index contributed by atoms with van der Waals surface area (Å²) >= 11 is 0. The molecule has 0 amide bonds. The van der Waals surface area contributed by atoms with Crippen LogP contribution in [0.4, 0.5) is 0 Å². The lowest BCUT2D eigenvalue weighted by atomic mass is 10.1.